The zero-order valence-electron chi connectivity index (χ0n) is 13.7. The molecule has 0 aliphatic rings. The third kappa shape index (κ3) is 6.93. The molecule has 2 amide bonds. The van der Waals surface area contributed by atoms with Crippen LogP contribution in [0.15, 0.2) is 48.5 Å². The number of benzene rings is 2. The number of hydrogen-bond donors (Lipinski definition) is 2. The van der Waals surface area contributed by atoms with Gasteiger partial charge in [-0.15, -0.1) is 0 Å². The van der Waals surface area contributed by atoms with Crippen molar-refractivity contribution in [3.05, 3.63) is 70.5 Å². The summed E-state index contributed by atoms with van der Waals surface area (Å²) in [4.78, 5) is 23.5. The maximum absolute atomic E-state index is 13.4. The molecule has 0 saturated carbocycles. The Bertz CT molecular complexity index is 720. The van der Waals surface area contributed by atoms with Crippen molar-refractivity contribution in [1.29, 1.82) is 0 Å². The second-order valence-corrected chi connectivity index (χ2v) is 6.03. The molecule has 25 heavy (non-hydrogen) atoms. The molecule has 0 radical (unpaired) electrons. The van der Waals surface area contributed by atoms with Crippen LogP contribution in [0.1, 0.15) is 17.5 Å². The highest BCUT2D eigenvalue weighted by Crippen LogP contribution is 2.09. The third-order valence-electron chi connectivity index (χ3n) is 3.64. The van der Waals surface area contributed by atoms with Crippen molar-refractivity contribution in [2.45, 2.75) is 19.3 Å². The summed E-state index contributed by atoms with van der Waals surface area (Å²) >= 11 is 5.81. The van der Waals surface area contributed by atoms with E-state index in [1.54, 1.807) is 30.3 Å². The van der Waals surface area contributed by atoms with Crippen LogP contribution >= 0.6 is 11.6 Å². The van der Waals surface area contributed by atoms with Crippen molar-refractivity contribution >= 4 is 23.4 Å². The molecule has 6 heteroatoms. The molecule has 0 aliphatic carbocycles. The Morgan fingerprint density at radius 2 is 1.48 bits per heavy atom. The minimum Gasteiger partial charge on any atom is -0.355 e. The Labute approximate surface area is 151 Å². The van der Waals surface area contributed by atoms with Gasteiger partial charge in [0.1, 0.15) is 12.2 Å². The number of nitrogens with one attached hydrogen (secondary N) is 2. The van der Waals surface area contributed by atoms with Crippen LogP contribution in [0.25, 0.3) is 0 Å². The van der Waals surface area contributed by atoms with E-state index in [2.05, 4.69) is 10.6 Å². The van der Waals surface area contributed by atoms with Crippen molar-refractivity contribution in [1.82, 2.24) is 10.6 Å². The average Bonchev–Trinajstić information content (AvgIpc) is 2.58. The van der Waals surface area contributed by atoms with E-state index in [9.17, 15) is 14.0 Å². The Hall–Kier alpha value is -2.40. The smallest absolute Gasteiger partial charge is 0.229 e. The van der Waals surface area contributed by atoms with Gasteiger partial charge in [-0.2, -0.15) is 0 Å². The number of hydrogen-bond acceptors (Lipinski definition) is 2. The molecule has 0 bridgehead atoms. The van der Waals surface area contributed by atoms with Crippen molar-refractivity contribution in [2.75, 3.05) is 13.1 Å². The normalized spacial score (nSPS) is 10.3. The predicted molar refractivity (Wildman–Crippen MR) is 95.9 cm³/mol. The van der Waals surface area contributed by atoms with Gasteiger partial charge in [-0.3, -0.25) is 9.59 Å². The highest BCUT2D eigenvalue weighted by molar-refractivity contribution is 6.30. The zero-order chi connectivity index (χ0) is 18.1. The molecule has 0 atom stereocenters. The van der Waals surface area contributed by atoms with Crippen LogP contribution in [0.4, 0.5) is 4.39 Å². The van der Waals surface area contributed by atoms with E-state index in [1.807, 2.05) is 12.1 Å². The largest absolute Gasteiger partial charge is 0.355 e. The molecular weight excluding hydrogens is 343 g/mol. The van der Waals surface area contributed by atoms with E-state index in [1.165, 1.54) is 6.07 Å². The zero-order valence-corrected chi connectivity index (χ0v) is 14.5. The lowest BCUT2D eigenvalue weighted by atomic mass is 10.1. The summed E-state index contributed by atoms with van der Waals surface area (Å²) in [6, 6.07) is 13.8. The molecule has 132 valence electrons. The number of halogens is 2. The summed E-state index contributed by atoms with van der Waals surface area (Å²) in [7, 11) is 0. The number of rotatable bonds is 8. The van der Waals surface area contributed by atoms with Gasteiger partial charge in [0.25, 0.3) is 0 Å². The maximum atomic E-state index is 13.4. The molecule has 4 nitrogen and oxygen atoms in total. The fourth-order valence-electron chi connectivity index (χ4n) is 2.31. The van der Waals surface area contributed by atoms with Gasteiger partial charge in [0.15, 0.2) is 0 Å². The highest BCUT2D eigenvalue weighted by Gasteiger charge is 2.09. The van der Waals surface area contributed by atoms with E-state index < -0.39 is 0 Å². The Morgan fingerprint density at radius 3 is 2.12 bits per heavy atom. The summed E-state index contributed by atoms with van der Waals surface area (Å²) in [6.07, 6.45) is 0.812. The Morgan fingerprint density at radius 1 is 0.880 bits per heavy atom. The van der Waals surface area contributed by atoms with Crippen LogP contribution in [0, 0.1) is 5.82 Å². The quantitative estimate of drug-likeness (QED) is 0.709. The van der Waals surface area contributed by atoms with E-state index in [0.717, 1.165) is 5.56 Å². The van der Waals surface area contributed by atoms with Gasteiger partial charge in [-0.1, -0.05) is 41.9 Å². The van der Waals surface area contributed by atoms with Gasteiger partial charge in [0, 0.05) is 18.1 Å². The molecule has 2 aromatic rings. The second-order valence-electron chi connectivity index (χ2n) is 5.59. The Kier molecular flexibility index (Phi) is 7.41. The first kappa shape index (κ1) is 18.9. The van der Waals surface area contributed by atoms with Crippen LogP contribution in [0.2, 0.25) is 5.02 Å². The van der Waals surface area contributed by atoms with Gasteiger partial charge in [-0.25, -0.2) is 4.39 Å². The lowest BCUT2D eigenvalue weighted by Gasteiger charge is -2.07. The summed E-state index contributed by atoms with van der Waals surface area (Å²) in [5.74, 6) is -1.01. The lowest BCUT2D eigenvalue weighted by molar-refractivity contribution is -0.129. The molecule has 2 N–H and O–H groups in total. The summed E-state index contributed by atoms with van der Waals surface area (Å²) < 4.78 is 13.4. The van der Waals surface area contributed by atoms with E-state index in [4.69, 9.17) is 11.6 Å². The fourth-order valence-corrected chi connectivity index (χ4v) is 2.43. The first-order valence-corrected chi connectivity index (χ1v) is 8.43. The van der Waals surface area contributed by atoms with Crippen molar-refractivity contribution in [3.63, 3.8) is 0 Å². The molecule has 0 heterocycles. The summed E-state index contributed by atoms with van der Waals surface area (Å²) in [5.41, 5.74) is 1.59. The fraction of sp³-hybridized carbons (Fsp3) is 0.263. The van der Waals surface area contributed by atoms with Gasteiger partial charge in [-0.05, 0) is 42.2 Å². The summed E-state index contributed by atoms with van der Waals surface area (Å²) in [6.45, 7) is 0.737. The van der Waals surface area contributed by atoms with Gasteiger partial charge in [0.2, 0.25) is 11.8 Å². The minimum atomic E-state index is -0.375. The van der Waals surface area contributed by atoms with Gasteiger partial charge in [0.05, 0.1) is 0 Å². The summed E-state index contributed by atoms with van der Waals surface area (Å²) in [5, 5.41) is 5.99. The Balaban J connectivity index is 1.62. The molecule has 0 spiro atoms. The van der Waals surface area contributed by atoms with Crippen molar-refractivity contribution < 1.29 is 14.0 Å². The van der Waals surface area contributed by atoms with Gasteiger partial charge < -0.3 is 10.6 Å². The topological polar surface area (TPSA) is 58.2 Å². The first-order chi connectivity index (χ1) is 12.0. The standard InChI is InChI=1S/C19H20ClFN2O2/c20-16-7-5-14(6-8-16)9-11-22-18(24)13-19(25)23-12-10-15-3-1-2-4-17(15)21/h1-8H,9-13H2,(H,22,24)(H,23,25). The number of carbonyl (C=O) groups excluding carboxylic acids is 2. The average molecular weight is 363 g/mol. The monoisotopic (exact) mass is 362 g/mol. The molecular formula is C19H20ClFN2O2. The third-order valence-corrected chi connectivity index (χ3v) is 3.90. The van der Waals surface area contributed by atoms with Gasteiger partial charge >= 0.3 is 0 Å². The molecule has 0 saturated heterocycles. The van der Waals surface area contributed by atoms with Crippen LogP contribution in [0.3, 0.4) is 0 Å². The molecule has 0 unspecified atom stereocenters. The molecule has 2 rings (SSSR count). The first-order valence-electron chi connectivity index (χ1n) is 8.06. The van der Waals surface area contributed by atoms with Crippen LogP contribution in [-0.4, -0.2) is 24.9 Å². The molecule has 0 aromatic heterocycles. The molecule has 0 fully saturated rings. The lowest BCUT2D eigenvalue weighted by Crippen LogP contribution is -2.33. The maximum Gasteiger partial charge on any atom is 0.229 e. The van der Waals surface area contributed by atoms with Crippen molar-refractivity contribution in [2.24, 2.45) is 0 Å². The molecule has 2 aromatic carbocycles. The van der Waals surface area contributed by atoms with E-state index >= 15 is 0 Å². The van der Waals surface area contributed by atoms with Crippen LogP contribution in [0.5, 0.6) is 0 Å². The predicted octanol–water partition coefficient (Wildman–Crippen LogP) is 2.89. The molecule has 0 aliphatic heterocycles. The minimum absolute atomic E-state index is 0.238. The van der Waals surface area contributed by atoms with E-state index in [-0.39, 0.29) is 30.6 Å². The SMILES string of the molecule is O=C(CC(=O)NCCc1ccccc1F)NCCc1ccc(Cl)cc1. The van der Waals surface area contributed by atoms with Crippen LogP contribution < -0.4 is 10.6 Å². The van der Waals surface area contributed by atoms with Crippen LogP contribution in [-0.2, 0) is 22.4 Å². The second kappa shape index (κ2) is 9.79. The van der Waals surface area contributed by atoms with E-state index in [0.29, 0.717) is 30.0 Å². The number of amides is 2. The highest BCUT2D eigenvalue weighted by atomic mass is 35.5. The number of carbonyl (C=O) groups is 2. The van der Waals surface area contributed by atoms with Crippen molar-refractivity contribution in [3.8, 4) is 0 Å².